The molecule has 1 aromatic carbocycles. The Morgan fingerprint density at radius 1 is 1.32 bits per heavy atom. The lowest BCUT2D eigenvalue weighted by molar-refractivity contribution is -0.139. The van der Waals surface area contributed by atoms with Crippen molar-refractivity contribution in [2.75, 3.05) is 20.3 Å². The Hall–Kier alpha value is -1.38. The van der Waals surface area contributed by atoms with Crippen LogP contribution in [0.5, 0.6) is 5.75 Å². The molecule has 4 nitrogen and oxygen atoms in total. The van der Waals surface area contributed by atoms with E-state index < -0.39 is 11.7 Å². The van der Waals surface area contributed by atoms with Crippen LogP contribution in [0.1, 0.15) is 17.5 Å². The van der Waals surface area contributed by atoms with Gasteiger partial charge < -0.3 is 20.5 Å². The fourth-order valence-corrected chi connectivity index (χ4v) is 2.63. The molecule has 0 aromatic heterocycles. The smallest absolute Gasteiger partial charge is 0.419 e. The molecule has 8 heteroatoms. The molecular formula is C14H17F3N2O2S. The zero-order valence-corrected chi connectivity index (χ0v) is 12.8. The molecule has 0 fully saturated rings. The molecule has 2 rings (SSSR count). The van der Waals surface area contributed by atoms with Crippen molar-refractivity contribution in [3.8, 4) is 5.75 Å². The van der Waals surface area contributed by atoms with Crippen LogP contribution >= 0.6 is 11.8 Å². The van der Waals surface area contributed by atoms with E-state index in [4.69, 9.17) is 15.2 Å². The Bertz CT molecular complexity index is 549. The van der Waals surface area contributed by atoms with E-state index in [0.717, 1.165) is 6.07 Å². The second kappa shape index (κ2) is 7.26. The van der Waals surface area contributed by atoms with Crippen LogP contribution in [0.4, 0.5) is 13.2 Å². The van der Waals surface area contributed by atoms with Crippen LogP contribution in [0, 0.1) is 0 Å². The summed E-state index contributed by atoms with van der Waals surface area (Å²) in [6.07, 6.45) is -3.96. The van der Waals surface area contributed by atoms with Gasteiger partial charge in [0.1, 0.15) is 11.2 Å². The first-order valence-electron chi connectivity index (χ1n) is 6.63. The van der Waals surface area contributed by atoms with Crippen LogP contribution in [-0.2, 0) is 10.9 Å². The average molecular weight is 334 g/mol. The molecule has 0 radical (unpaired) electrons. The maximum absolute atomic E-state index is 13.2. The lowest BCUT2D eigenvalue weighted by atomic mass is 10.1. The van der Waals surface area contributed by atoms with Gasteiger partial charge >= 0.3 is 6.18 Å². The van der Waals surface area contributed by atoms with Crippen LogP contribution in [-0.4, -0.2) is 25.8 Å². The maximum Gasteiger partial charge on any atom is 0.419 e. The minimum Gasteiger partial charge on any atom is -0.493 e. The van der Waals surface area contributed by atoms with E-state index in [2.05, 4.69) is 5.32 Å². The molecule has 1 unspecified atom stereocenters. The Balaban J connectivity index is 2.20. The van der Waals surface area contributed by atoms with E-state index in [1.807, 2.05) is 0 Å². The van der Waals surface area contributed by atoms with Crippen LogP contribution < -0.4 is 15.8 Å². The van der Waals surface area contributed by atoms with Gasteiger partial charge in [0.25, 0.3) is 0 Å². The van der Waals surface area contributed by atoms with Gasteiger partial charge in [-0.05, 0) is 29.2 Å². The molecule has 1 aliphatic heterocycles. The summed E-state index contributed by atoms with van der Waals surface area (Å²) < 4.78 is 49.7. The molecule has 1 atom stereocenters. The number of nitrogens with two attached hydrogens (primary N) is 1. The molecule has 0 saturated heterocycles. The fraction of sp³-hybridized carbons (Fsp3) is 0.429. The van der Waals surface area contributed by atoms with Gasteiger partial charge in [0.05, 0.1) is 12.2 Å². The molecule has 122 valence electrons. The number of thioether (sulfide) groups is 1. The van der Waals surface area contributed by atoms with Crippen LogP contribution in [0.2, 0.25) is 0 Å². The molecule has 0 bridgehead atoms. The highest BCUT2D eigenvalue weighted by Gasteiger charge is 2.35. The molecular weight excluding hydrogens is 317 g/mol. The molecule has 0 spiro atoms. The van der Waals surface area contributed by atoms with Crippen molar-refractivity contribution < 1.29 is 22.6 Å². The summed E-state index contributed by atoms with van der Waals surface area (Å²) in [7, 11) is 1.53. The maximum atomic E-state index is 13.2. The third kappa shape index (κ3) is 4.31. The molecule has 1 aliphatic rings. The third-order valence-corrected chi connectivity index (χ3v) is 3.76. The predicted octanol–water partition coefficient (Wildman–Crippen LogP) is 3.00. The average Bonchev–Trinajstić information content (AvgIpc) is 2.89. The van der Waals surface area contributed by atoms with Crippen molar-refractivity contribution in [1.82, 2.24) is 5.32 Å². The second-order valence-electron chi connectivity index (χ2n) is 4.64. The Labute approximate surface area is 130 Å². The van der Waals surface area contributed by atoms with E-state index in [-0.39, 0.29) is 17.9 Å². The summed E-state index contributed by atoms with van der Waals surface area (Å²) in [6, 6.07) is 3.99. The number of methoxy groups -OCH3 is 1. The normalized spacial score (nSPS) is 18.0. The Kier molecular flexibility index (Phi) is 5.60. The number of hydrogen-bond donors (Lipinski definition) is 2. The van der Waals surface area contributed by atoms with Crippen LogP contribution in [0.15, 0.2) is 23.6 Å². The molecule has 0 amide bonds. The van der Waals surface area contributed by atoms with Crippen molar-refractivity contribution in [2.45, 2.75) is 18.1 Å². The van der Waals surface area contributed by atoms with Crippen LogP contribution in [0.3, 0.4) is 0 Å². The molecule has 1 aromatic rings. The Morgan fingerprint density at radius 3 is 2.68 bits per heavy atom. The quantitative estimate of drug-likeness (QED) is 0.783. The molecule has 3 N–H and O–H groups in total. The topological polar surface area (TPSA) is 56.5 Å². The lowest BCUT2D eigenvalue weighted by Gasteiger charge is -2.16. The number of ether oxygens (including phenoxy) is 2. The van der Waals surface area contributed by atoms with Crippen molar-refractivity contribution in [1.29, 1.82) is 0 Å². The number of alkyl halides is 3. The van der Waals surface area contributed by atoms with Gasteiger partial charge in [-0.15, -0.1) is 0 Å². The summed E-state index contributed by atoms with van der Waals surface area (Å²) in [5.74, 6) is -0.178. The first-order chi connectivity index (χ1) is 10.4. The summed E-state index contributed by atoms with van der Waals surface area (Å²) in [5, 5.41) is 4.61. The lowest BCUT2D eigenvalue weighted by Crippen LogP contribution is -2.28. The zero-order valence-electron chi connectivity index (χ0n) is 11.9. The molecule has 1 heterocycles. The number of hydrogen-bond acceptors (Lipinski definition) is 5. The molecule has 22 heavy (non-hydrogen) atoms. The number of benzene rings is 1. The van der Waals surface area contributed by atoms with Crippen molar-refractivity contribution >= 4 is 17.5 Å². The standard InChI is InChI=1S/C14H17F3N2O2S/c1-20-5-2-6-21-12-4-3-9(7-10(12)14(15,16)17)11-8-22-13(18)19-11/h3-4,7-8,13,19H,2,5-6,18H2,1H3. The van der Waals surface area contributed by atoms with E-state index in [1.165, 1.54) is 24.9 Å². The monoisotopic (exact) mass is 334 g/mol. The summed E-state index contributed by atoms with van der Waals surface area (Å²) in [4.78, 5) is 0. The van der Waals surface area contributed by atoms with E-state index in [1.54, 1.807) is 11.5 Å². The number of nitrogens with one attached hydrogen (secondary N) is 1. The fourth-order valence-electron chi connectivity index (χ4n) is 1.94. The van der Waals surface area contributed by atoms with Gasteiger partial charge in [-0.2, -0.15) is 13.2 Å². The first kappa shape index (κ1) is 17.0. The minimum absolute atomic E-state index is 0.165. The van der Waals surface area contributed by atoms with Gasteiger partial charge in [-0.1, -0.05) is 11.8 Å². The van der Waals surface area contributed by atoms with Crippen LogP contribution in [0.25, 0.3) is 5.70 Å². The SMILES string of the molecule is COCCCOc1ccc(C2=CSC(N)N2)cc1C(F)(F)F. The van der Waals surface area contributed by atoms with Gasteiger partial charge in [-0.3, -0.25) is 0 Å². The molecule has 0 saturated carbocycles. The van der Waals surface area contributed by atoms with Crippen molar-refractivity contribution in [2.24, 2.45) is 5.73 Å². The first-order valence-corrected chi connectivity index (χ1v) is 7.57. The van der Waals surface area contributed by atoms with Gasteiger partial charge in [0.2, 0.25) is 0 Å². The highest BCUT2D eigenvalue weighted by Crippen LogP contribution is 2.38. The van der Waals surface area contributed by atoms with E-state index >= 15 is 0 Å². The molecule has 0 aliphatic carbocycles. The Morgan fingerprint density at radius 2 is 2.09 bits per heavy atom. The number of rotatable bonds is 6. The van der Waals surface area contributed by atoms with E-state index in [9.17, 15) is 13.2 Å². The third-order valence-electron chi connectivity index (χ3n) is 2.98. The summed E-state index contributed by atoms with van der Waals surface area (Å²) in [5.41, 5.74) is 5.52. The van der Waals surface area contributed by atoms with Gasteiger partial charge in [0.15, 0.2) is 0 Å². The summed E-state index contributed by atoms with van der Waals surface area (Å²) in [6.45, 7) is 0.600. The van der Waals surface area contributed by atoms with Gasteiger partial charge in [0, 0.05) is 25.8 Å². The van der Waals surface area contributed by atoms with Gasteiger partial charge in [-0.25, -0.2) is 0 Å². The minimum atomic E-state index is -4.49. The van der Waals surface area contributed by atoms with E-state index in [0.29, 0.717) is 24.3 Å². The highest BCUT2D eigenvalue weighted by molar-refractivity contribution is 8.03. The predicted molar refractivity (Wildman–Crippen MR) is 80.1 cm³/mol. The number of halogens is 3. The zero-order chi connectivity index (χ0) is 16.2. The highest BCUT2D eigenvalue weighted by atomic mass is 32.2. The second-order valence-corrected chi connectivity index (χ2v) is 5.65. The summed E-state index contributed by atoms with van der Waals surface area (Å²) >= 11 is 1.32. The largest absolute Gasteiger partial charge is 0.493 e. The van der Waals surface area contributed by atoms with Crippen molar-refractivity contribution in [3.63, 3.8) is 0 Å². The van der Waals surface area contributed by atoms with Crippen molar-refractivity contribution in [3.05, 3.63) is 34.7 Å².